The van der Waals surface area contributed by atoms with E-state index < -0.39 is 5.60 Å². The summed E-state index contributed by atoms with van der Waals surface area (Å²) < 4.78 is 0. The zero-order valence-corrected chi connectivity index (χ0v) is 15.3. The van der Waals surface area contributed by atoms with E-state index in [1.807, 2.05) is 29.1 Å². The van der Waals surface area contributed by atoms with Gasteiger partial charge in [-0.1, -0.05) is 13.0 Å². The molecule has 1 saturated carbocycles. The summed E-state index contributed by atoms with van der Waals surface area (Å²) in [4.78, 5) is 14.4. The number of hydrogen-bond acceptors (Lipinski definition) is 5. The molecule has 1 saturated heterocycles. The molecular formula is C20H27N3O3. The van der Waals surface area contributed by atoms with Crippen molar-refractivity contribution in [1.29, 1.82) is 0 Å². The topological polar surface area (TPSA) is 76.4 Å². The Labute approximate surface area is 154 Å². The van der Waals surface area contributed by atoms with Crippen LogP contribution in [0.1, 0.15) is 45.4 Å². The van der Waals surface area contributed by atoms with E-state index in [0.717, 1.165) is 24.9 Å². The van der Waals surface area contributed by atoms with Gasteiger partial charge in [0.05, 0.1) is 17.3 Å². The van der Waals surface area contributed by atoms with E-state index in [9.17, 15) is 15.0 Å². The summed E-state index contributed by atoms with van der Waals surface area (Å²) in [5.41, 5.74) is -0.0724. The fraction of sp³-hybridized carbons (Fsp3) is 0.600. The Bertz CT molecular complexity index is 721. The number of carbonyl (C=O) groups excluding carboxylic acids is 1. The van der Waals surface area contributed by atoms with Crippen LogP contribution >= 0.6 is 0 Å². The van der Waals surface area contributed by atoms with E-state index in [0.29, 0.717) is 32.4 Å². The number of benzene rings is 1. The molecular weight excluding hydrogens is 330 g/mol. The molecule has 6 heteroatoms. The van der Waals surface area contributed by atoms with Crippen LogP contribution in [0.15, 0.2) is 29.4 Å². The number of hydrogen-bond donors (Lipinski definition) is 2. The normalized spacial score (nSPS) is 26.2. The highest BCUT2D eigenvalue weighted by atomic mass is 16.3. The van der Waals surface area contributed by atoms with Crippen LogP contribution in [-0.4, -0.2) is 52.0 Å². The molecule has 2 N–H and O–H groups in total. The molecule has 1 unspecified atom stereocenters. The molecule has 0 radical (unpaired) electrons. The number of anilines is 1. The van der Waals surface area contributed by atoms with Crippen molar-refractivity contribution in [2.24, 2.45) is 10.5 Å². The monoisotopic (exact) mass is 357 g/mol. The molecule has 6 nitrogen and oxygen atoms in total. The maximum absolute atomic E-state index is 12.5. The first-order valence-corrected chi connectivity index (χ1v) is 9.51. The fourth-order valence-corrected chi connectivity index (χ4v) is 4.09. The molecule has 2 fully saturated rings. The van der Waals surface area contributed by atoms with Crippen molar-refractivity contribution in [3.63, 3.8) is 0 Å². The summed E-state index contributed by atoms with van der Waals surface area (Å²) in [5.74, 6) is 0.465. The molecule has 140 valence electrons. The number of rotatable bonds is 4. The van der Waals surface area contributed by atoms with Crippen LogP contribution in [0.25, 0.3) is 0 Å². The van der Waals surface area contributed by atoms with Crippen LogP contribution in [0.3, 0.4) is 0 Å². The molecule has 1 amide bonds. The number of amides is 1. The van der Waals surface area contributed by atoms with Gasteiger partial charge in [0.25, 0.3) is 0 Å². The van der Waals surface area contributed by atoms with Crippen molar-refractivity contribution in [3.8, 4) is 5.75 Å². The van der Waals surface area contributed by atoms with Gasteiger partial charge in [-0.3, -0.25) is 9.80 Å². The third kappa shape index (κ3) is 3.30. The second-order valence-corrected chi connectivity index (χ2v) is 8.33. The van der Waals surface area contributed by atoms with Gasteiger partial charge in [0.15, 0.2) is 0 Å². The van der Waals surface area contributed by atoms with Gasteiger partial charge >= 0.3 is 0 Å². The van der Waals surface area contributed by atoms with E-state index in [1.54, 1.807) is 18.2 Å². The number of aliphatic hydroxyl groups is 1. The number of carbonyl (C=O) groups is 1. The predicted molar refractivity (Wildman–Crippen MR) is 100 cm³/mol. The number of hydrazone groups is 1. The first kappa shape index (κ1) is 17.3. The van der Waals surface area contributed by atoms with E-state index in [-0.39, 0.29) is 23.1 Å². The molecule has 1 aromatic carbocycles. The van der Waals surface area contributed by atoms with Crippen LogP contribution < -0.4 is 5.01 Å². The molecule has 0 spiro atoms. The van der Waals surface area contributed by atoms with Crippen LogP contribution in [0.4, 0.5) is 5.69 Å². The SMILES string of the molecule is CC1(C(=O)N2CCC(O)(CC3CC=NN3c3cccc(O)c3)CC2)CC1. The molecule has 0 bridgehead atoms. The third-order valence-corrected chi connectivity index (χ3v) is 6.14. The quantitative estimate of drug-likeness (QED) is 0.868. The summed E-state index contributed by atoms with van der Waals surface area (Å²) in [6.45, 7) is 3.30. The highest BCUT2D eigenvalue weighted by molar-refractivity contribution is 5.85. The summed E-state index contributed by atoms with van der Waals surface area (Å²) in [6.07, 6.45) is 6.46. The predicted octanol–water partition coefficient (Wildman–Crippen LogP) is 2.50. The van der Waals surface area contributed by atoms with Gasteiger partial charge < -0.3 is 15.1 Å². The Balaban J connectivity index is 1.38. The molecule has 0 aromatic heterocycles. The van der Waals surface area contributed by atoms with Crippen molar-refractivity contribution in [2.75, 3.05) is 18.1 Å². The molecule has 2 heterocycles. The number of likely N-dealkylation sites (tertiary alicyclic amines) is 1. The second-order valence-electron chi connectivity index (χ2n) is 8.33. The van der Waals surface area contributed by atoms with Gasteiger partial charge in [-0.15, -0.1) is 0 Å². The Morgan fingerprint density at radius 3 is 2.65 bits per heavy atom. The van der Waals surface area contributed by atoms with Crippen molar-refractivity contribution in [2.45, 2.75) is 57.1 Å². The average Bonchev–Trinajstić information content (AvgIpc) is 3.21. The van der Waals surface area contributed by atoms with Gasteiger partial charge in [0.2, 0.25) is 5.91 Å². The Kier molecular flexibility index (Phi) is 4.18. The van der Waals surface area contributed by atoms with Crippen molar-refractivity contribution >= 4 is 17.8 Å². The lowest BCUT2D eigenvalue weighted by molar-refractivity contribution is -0.140. The summed E-state index contributed by atoms with van der Waals surface area (Å²) >= 11 is 0. The molecule has 3 aliphatic rings. The minimum atomic E-state index is -0.769. The average molecular weight is 357 g/mol. The van der Waals surface area contributed by atoms with Crippen LogP contribution in [0.2, 0.25) is 0 Å². The van der Waals surface area contributed by atoms with Crippen molar-refractivity contribution in [3.05, 3.63) is 24.3 Å². The lowest BCUT2D eigenvalue weighted by Gasteiger charge is -2.41. The maximum atomic E-state index is 12.5. The number of phenols is 1. The highest BCUT2D eigenvalue weighted by Gasteiger charge is 2.48. The molecule has 1 aromatic rings. The maximum Gasteiger partial charge on any atom is 0.228 e. The molecule has 4 rings (SSSR count). The largest absolute Gasteiger partial charge is 0.508 e. The summed E-state index contributed by atoms with van der Waals surface area (Å²) in [5, 5.41) is 27.1. The minimum absolute atomic E-state index is 0.0741. The molecule has 26 heavy (non-hydrogen) atoms. The van der Waals surface area contributed by atoms with Gasteiger partial charge in [-0.05, 0) is 44.2 Å². The number of aromatic hydroxyl groups is 1. The smallest absolute Gasteiger partial charge is 0.228 e. The number of piperidine rings is 1. The van der Waals surface area contributed by atoms with Crippen molar-refractivity contribution in [1.82, 2.24) is 4.90 Å². The van der Waals surface area contributed by atoms with Gasteiger partial charge in [0.1, 0.15) is 5.75 Å². The minimum Gasteiger partial charge on any atom is -0.508 e. The third-order valence-electron chi connectivity index (χ3n) is 6.14. The van der Waals surface area contributed by atoms with Crippen LogP contribution in [-0.2, 0) is 4.79 Å². The standard InChI is InChI=1S/C20H27N3O3/c1-19(6-7-19)18(25)22-11-8-20(26,9-12-22)14-16-5-10-21-23(16)15-3-2-4-17(24)13-15/h2-4,10,13,16,24,26H,5-9,11-12,14H2,1H3. The van der Waals surface area contributed by atoms with Gasteiger partial charge in [-0.25, -0.2) is 0 Å². The Hall–Kier alpha value is -2.08. The Morgan fingerprint density at radius 1 is 1.27 bits per heavy atom. The van der Waals surface area contributed by atoms with Crippen LogP contribution in [0, 0.1) is 5.41 Å². The second kappa shape index (κ2) is 6.27. The summed E-state index contributed by atoms with van der Waals surface area (Å²) in [6, 6.07) is 7.12. The zero-order valence-electron chi connectivity index (χ0n) is 15.3. The highest BCUT2D eigenvalue weighted by Crippen LogP contribution is 2.47. The van der Waals surface area contributed by atoms with Gasteiger partial charge in [0, 0.05) is 37.2 Å². The fourth-order valence-electron chi connectivity index (χ4n) is 4.09. The molecule has 1 atom stereocenters. The van der Waals surface area contributed by atoms with Crippen LogP contribution in [0.5, 0.6) is 5.75 Å². The lowest BCUT2D eigenvalue weighted by Crippen LogP contribution is -2.50. The first-order valence-electron chi connectivity index (χ1n) is 9.51. The van der Waals surface area contributed by atoms with E-state index in [4.69, 9.17) is 0 Å². The molecule has 1 aliphatic carbocycles. The first-order chi connectivity index (χ1) is 12.4. The zero-order chi connectivity index (χ0) is 18.4. The van der Waals surface area contributed by atoms with E-state index in [2.05, 4.69) is 5.10 Å². The Morgan fingerprint density at radius 2 is 2.00 bits per heavy atom. The number of nitrogens with zero attached hydrogens (tertiary/aromatic N) is 3. The van der Waals surface area contributed by atoms with Gasteiger partial charge in [-0.2, -0.15) is 5.10 Å². The van der Waals surface area contributed by atoms with E-state index >= 15 is 0 Å². The summed E-state index contributed by atoms with van der Waals surface area (Å²) in [7, 11) is 0. The van der Waals surface area contributed by atoms with Crippen molar-refractivity contribution < 1.29 is 15.0 Å². The van der Waals surface area contributed by atoms with E-state index in [1.165, 1.54) is 0 Å². The number of phenolic OH excluding ortho intramolecular Hbond substituents is 1. The lowest BCUT2D eigenvalue weighted by atomic mass is 9.84. The molecule has 2 aliphatic heterocycles.